The molecule has 0 aliphatic carbocycles. The van der Waals surface area contributed by atoms with Gasteiger partial charge in [0, 0.05) is 13.0 Å². The van der Waals surface area contributed by atoms with Crippen LogP contribution in [0, 0.1) is 17.1 Å². The van der Waals surface area contributed by atoms with Gasteiger partial charge in [-0.3, -0.25) is 0 Å². The lowest BCUT2D eigenvalue weighted by Crippen LogP contribution is -2.08. The second-order valence-electron chi connectivity index (χ2n) is 3.70. The lowest BCUT2D eigenvalue weighted by Gasteiger charge is -2.07. The second kappa shape index (κ2) is 6.36. The minimum atomic E-state index is -4.17. The lowest BCUT2D eigenvalue weighted by atomic mass is 10.1. The first-order valence-corrected chi connectivity index (χ1v) is 5.25. The van der Waals surface area contributed by atoms with E-state index in [9.17, 15) is 17.6 Å². The van der Waals surface area contributed by atoms with Crippen LogP contribution in [0.3, 0.4) is 0 Å². The van der Waals surface area contributed by atoms with Gasteiger partial charge >= 0.3 is 6.18 Å². The van der Waals surface area contributed by atoms with Crippen LogP contribution in [0.5, 0.6) is 0 Å². The van der Waals surface area contributed by atoms with E-state index in [-0.39, 0.29) is 25.2 Å². The summed E-state index contributed by atoms with van der Waals surface area (Å²) in [5, 5.41) is 8.59. The topological polar surface area (TPSA) is 33.0 Å². The van der Waals surface area contributed by atoms with Crippen LogP contribution in [0.4, 0.5) is 17.6 Å². The van der Waals surface area contributed by atoms with E-state index in [2.05, 4.69) is 0 Å². The van der Waals surface area contributed by atoms with Crippen LogP contribution in [0.25, 0.3) is 0 Å². The number of nitriles is 1. The van der Waals surface area contributed by atoms with Gasteiger partial charge in [0.25, 0.3) is 0 Å². The minimum absolute atomic E-state index is 0.0290. The smallest absolute Gasteiger partial charge is 0.377 e. The number of hydrogen-bond donors (Lipinski definition) is 0. The molecule has 0 spiro atoms. The van der Waals surface area contributed by atoms with Gasteiger partial charge in [0.1, 0.15) is 11.9 Å². The molecule has 0 radical (unpaired) electrons. The zero-order chi connectivity index (χ0) is 13.6. The highest BCUT2D eigenvalue weighted by molar-refractivity contribution is 5.34. The van der Waals surface area contributed by atoms with Crippen LogP contribution in [0.15, 0.2) is 18.2 Å². The van der Waals surface area contributed by atoms with E-state index in [0.29, 0.717) is 5.56 Å². The van der Waals surface area contributed by atoms with Crippen LogP contribution in [-0.4, -0.2) is 12.8 Å². The first-order valence-electron chi connectivity index (χ1n) is 5.25. The maximum Gasteiger partial charge on any atom is 0.389 e. The summed E-state index contributed by atoms with van der Waals surface area (Å²) in [4.78, 5) is 0. The summed E-state index contributed by atoms with van der Waals surface area (Å²) in [6.45, 7) is 0.0333. The molecule has 1 aromatic carbocycles. The average Bonchev–Trinajstić information content (AvgIpc) is 2.29. The van der Waals surface area contributed by atoms with Crippen molar-refractivity contribution in [3.05, 3.63) is 35.1 Å². The Balaban J connectivity index is 2.34. The van der Waals surface area contributed by atoms with Gasteiger partial charge in [-0.15, -0.1) is 0 Å². The molecule has 18 heavy (non-hydrogen) atoms. The molecule has 0 aliphatic heterocycles. The van der Waals surface area contributed by atoms with E-state index in [1.165, 1.54) is 12.1 Å². The van der Waals surface area contributed by atoms with E-state index in [0.717, 1.165) is 6.07 Å². The maximum atomic E-state index is 13.0. The number of hydrogen-bond acceptors (Lipinski definition) is 2. The van der Waals surface area contributed by atoms with Crippen molar-refractivity contribution in [1.29, 1.82) is 5.26 Å². The van der Waals surface area contributed by atoms with Gasteiger partial charge in [-0.05, 0) is 24.1 Å². The monoisotopic (exact) mass is 261 g/mol. The van der Waals surface area contributed by atoms with Gasteiger partial charge in [-0.2, -0.15) is 18.4 Å². The van der Waals surface area contributed by atoms with Gasteiger partial charge in [0.2, 0.25) is 0 Å². The fourth-order valence-corrected chi connectivity index (χ4v) is 1.31. The molecule has 0 bridgehead atoms. The van der Waals surface area contributed by atoms with E-state index in [1.807, 2.05) is 0 Å². The Morgan fingerprint density at radius 1 is 1.28 bits per heavy atom. The standard InChI is InChI=1S/C12H11F4NO/c13-11-3-2-9(6-10(11)7-17)8-18-5-1-4-12(14,15)16/h2-3,6H,1,4-5,8H2. The molecule has 0 saturated heterocycles. The Morgan fingerprint density at radius 2 is 2.00 bits per heavy atom. The number of alkyl halides is 3. The number of halogens is 4. The highest BCUT2D eigenvalue weighted by Gasteiger charge is 2.25. The Morgan fingerprint density at radius 3 is 2.61 bits per heavy atom. The molecule has 0 amide bonds. The minimum Gasteiger partial charge on any atom is -0.377 e. The first kappa shape index (κ1) is 14.5. The Hall–Kier alpha value is -1.61. The predicted molar refractivity (Wildman–Crippen MR) is 56.1 cm³/mol. The molecule has 1 rings (SSSR count). The van der Waals surface area contributed by atoms with Crippen molar-refractivity contribution >= 4 is 0 Å². The zero-order valence-corrected chi connectivity index (χ0v) is 9.43. The van der Waals surface area contributed by atoms with Crippen molar-refractivity contribution in [3.8, 4) is 6.07 Å². The Kier molecular flexibility index (Phi) is 5.10. The van der Waals surface area contributed by atoms with Crippen LogP contribution in [0.2, 0.25) is 0 Å². The van der Waals surface area contributed by atoms with Crippen LogP contribution < -0.4 is 0 Å². The highest BCUT2D eigenvalue weighted by atomic mass is 19.4. The van der Waals surface area contributed by atoms with Gasteiger partial charge in [0.15, 0.2) is 0 Å². The third kappa shape index (κ3) is 5.15. The summed E-state index contributed by atoms with van der Waals surface area (Å²) in [5.41, 5.74) is 0.450. The zero-order valence-electron chi connectivity index (χ0n) is 9.43. The SMILES string of the molecule is N#Cc1cc(COCCCC(F)(F)F)ccc1F. The summed E-state index contributed by atoms with van der Waals surface area (Å²) >= 11 is 0. The van der Waals surface area contributed by atoms with Gasteiger partial charge in [-0.25, -0.2) is 4.39 Å². The summed E-state index contributed by atoms with van der Waals surface area (Å²) < 4.78 is 53.4. The van der Waals surface area contributed by atoms with E-state index in [1.54, 1.807) is 6.07 Å². The molecule has 0 saturated carbocycles. The van der Waals surface area contributed by atoms with E-state index < -0.39 is 18.4 Å². The van der Waals surface area contributed by atoms with Crippen molar-refractivity contribution < 1.29 is 22.3 Å². The Labute approximate surface area is 102 Å². The fraction of sp³-hybridized carbons (Fsp3) is 0.417. The molecular weight excluding hydrogens is 250 g/mol. The van der Waals surface area contributed by atoms with Crippen molar-refractivity contribution in [3.63, 3.8) is 0 Å². The van der Waals surface area contributed by atoms with Crippen LogP contribution in [-0.2, 0) is 11.3 Å². The maximum absolute atomic E-state index is 13.0. The molecule has 0 aromatic heterocycles. The molecule has 2 nitrogen and oxygen atoms in total. The summed E-state index contributed by atoms with van der Waals surface area (Å²) in [7, 11) is 0. The normalized spacial score (nSPS) is 11.3. The molecule has 0 N–H and O–H groups in total. The predicted octanol–water partition coefficient (Wildman–Crippen LogP) is 3.56. The van der Waals surface area contributed by atoms with Crippen LogP contribution >= 0.6 is 0 Å². The van der Waals surface area contributed by atoms with Crippen molar-refractivity contribution in [2.45, 2.75) is 25.6 Å². The third-order valence-corrected chi connectivity index (χ3v) is 2.17. The quantitative estimate of drug-likeness (QED) is 0.599. The first-order chi connectivity index (χ1) is 8.42. The van der Waals surface area contributed by atoms with Crippen molar-refractivity contribution in [1.82, 2.24) is 0 Å². The molecule has 0 atom stereocenters. The second-order valence-corrected chi connectivity index (χ2v) is 3.70. The summed E-state index contributed by atoms with van der Waals surface area (Å²) in [6.07, 6.45) is -5.18. The van der Waals surface area contributed by atoms with Gasteiger partial charge < -0.3 is 4.74 Å². The van der Waals surface area contributed by atoms with Crippen molar-refractivity contribution in [2.24, 2.45) is 0 Å². The molecule has 0 fully saturated rings. The molecule has 6 heteroatoms. The molecule has 0 unspecified atom stereocenters. The number of benzene rings is 1. The molecular formula is C12H11F4NO. The Bertz CT molecular complexity index is 437. The fourth-order valence-electron chi connectivity index (χ4n) is 1.31. The van der Waals surface area contributed by atoms with Crippen LogP contribution in [0.1, 0.15) is 24.0 Å². The van der Waals surface area contributed by atoms with Gasteiger partial charge in [-0.1, -0.05) is 6.07 Å². The number of ether oxygens (including phenoxy) is 1. The third-order valence-electron chi connectivity index (χ3n) is 2.17. The molecule has 1 aromatic rings. The van der Waals surface area contributed by atoms with E-state index in [4.69, 9.17) is 10.00 Å². The van der Waals surface area contributed by atoms with Gasteiger partial charge in [0.05, 0.1) is 12.2 Å². The molecule has 0 heterocycles. The summed E-state index contributed by atoms with van der Waals surface area (Å²) in [6, 6.07) is 5.56. The molecule has 0 aliphatic rings. The van der Waals surface area contributed by atoms with Crippen molar-refractivity contribution in [2.75, 3.05) is 6.61 Å². The number of rotatable bonds is 5. The summed E-state index contributed by atoms with van der Waals surface area (Å²) in [5.74, 6) is -0.627. The highest BCUT2D eigenvalue weighted by Crippen LogP contribution is 2.21. The van der Waals surface area contributed by atoms with E-state index >= 15 is 0 Å². The lowest BCUT2D eigenvalue weighted by molar-refractivity contribution is -0.138. The number of nitrogens with zero attached hydrogens (tertiary/aromatic N) is 1. The average molecular weight is 261 g/mol. The largest absolute Gasteiger partial charge is 0.389 e. The molecule has 98 valence electrons.